The minimum absolute atomic E-state index is 0.122. The van der Waals surface area contributed by atoms with Crippen molar-refractivity contribution in [3.8, 4) is 0 Å². The molecule has 0 bridgehead atoms. The molecule has 1 aromatic carbocycles. The van der Waals surface area contributed by atoms with Crippen LogP contribution in [-0.2, 0) is 16.1 Å². The van der Waals surface area contributed by atoms with Crippen LogP contribution < -0.4 is 16.6 Å². The Morgan fingerprint density at radius 3 is 2.70 bits per heavy atom. The Bertz CT molecular complexity index is 916. The Balaban J connectivity index is 2.53. The zero-order valence-corrected chi connectivity index (χ0v) is 17.6. The molecular formula is C17H21BrN4O4S. The van der Waals surface area contributed by atoms with Crippen molar-refractivity contribution in [2.75, 3.05) is 13.7 Å². The molecule has 0 fully saturated rings. The lowest BCUT2D eigenvalue weighted by molar-refractivity contribution is -0.120. The van der Waals surface area contributed by atoms with Gasteiger partial charge in [0, 0.05) is 11.6 Å². The number of nitrogens with zero attached hydrogens (tertiary/aromatic N) is 2. The van der Waals surface area contributed by atoms with E-state index in [1.54, 1.807) is 25.3 Å². The molecule has 1 aromatic heterocycles. The average molecular weight is 457 g/mol. The van der Waals surface area contributed by atoms with Gasteiger partial charge < -0.3 is 10.5 Å². The Labute approximate surface area is 169 Å². The molecule has 1 heterocycles. The molecule has 0 aliphatic rings. The summed E-state index contributed by atoms with van der Waals surface area (Å²) in [6.07, 6.45) is 0. The lowest BCUT2D eigenvalue weighted by atomic mass is 10.1. The molecule has 3 amide bonds. The zero-order valence-electron chi connectivity index (χ0n) is 15.2. The minimum Gasteiger partial charge on any atom is -0.383 e. The second kappa shape index (κ2) is 9.34. The standard InChI is InChI=1S/C17H21BrN4O4S/c1-9(2)13(14(23)21-16(19)25)27-17-20-12-5-4-10(18)8-11(12)15(24)22(17)6-7-26-3/h4-5,8-9,13H,6-7H2,1-3H3,(H3,19,21,23,25). The van der Waals surface area contributed by atoms with Crippen molar-refractivity contribution in [2.24, 2.45) is 11.7 Å². The third kappa shape index (κ3) is 5.30. The molecule has 146 valence electrons. The topological polar surface area (TPSA) is 116 Å². The van der Waals surface area contributed by atoms with E-state index in [2.05, 4.69) is 26.2 Å². The van der Waals surface area contributed by atoms with Gasteiger partial charge in [-0.25, -0.2) is 9.78 Å². The predicted molar refractivity (Wildman–Crippen MR) is 108 cm³/mol. The van der Waals surface area contributed by atoms with Gasteiger partial charge in [0.1, 0.15) is 0 Å². The molecule has 0 saturated carbocycles. The number of halogens is 1. The fourth-order valence-electron chi connectivity index (χ4n) is 2.44. The van der Waals surface area contributed by atoms with Crippen molar-refractivity contribution in [3.05, 3.63) is 33.0 Å². The molecule has 2 rings (SSSR count). The molecule has 0 aliphatic heterocycles. The highest BCUT2D eigenvalue weighted by Gasteiger charge is 2.27. The number of nitrogens with two attached hydrogens (primary N) is 1. The number of methoxy groups -OCH3 is 1. The number of imide groups is 1. The minimum atomic E-state index is -0.917. The lowest BCUT2D eigenvalue weighted by Gasteiger charge is -2.20. The third-order valence-electron chi connectivity index (χ3n) is 3.74. The highest BCUT2D eigenvalue weighted by Crippen LogP contribution is 2.28. The third-order valence-corrected chi connectivity index (χ3v) is 5.77. The normalized spacial score (nSPS) is 12.3. The van der Waals surface area contributed by atoms with Gasteiger partial charge in [-0.3, -0.25) is 19.5 Å². The number of aromatic nitrogens is 2. The first-order valence-corrected chi connectivity index (χ1v) is 9.87. The SMILES string of the molecule is COCCn1c(SC(C(=O)NC(N)=O)C(C)C)nc2ccc(Br)cc2c1=O. The second-order valence-electron chi connectivity index (χ2n) is 6.14. The maximum absolute atomic E-state index is 13.0. The van der Waals surface area contributed by atoms with Crippen molar-refractivity contribution in [1.82, 2.24) is 14.9 Å². The van der Waals surface area contributed by atoms with E-state index in [1.807, 2.05) is 13.8 Å². The summed E-state index contributed by atoms with van der Waals surface area (Å²) in [7, 11) is 1.54. The van der Waals surface area contributed by atoms with Crippen LogP contribution in [0.15, 0.2) is 32.6 Å². The van der Waals surface area contributed by atoms with Crippen LogP contribution >= 0.6 is 27.7 Å². The summed E-state index contributed by atoms with van der Waals surface area (Å²) in [4.78, 5) is 40.9. The highest BCUT2D eigenvalue weighted by molar-refractivity contribution is 9.10. The summed E-state index contributed by atoms with van der Waals surface area (Å²) >= 11 is 4.48. The number of nitrogens with one attached hydrogen (secondary N) is 1. The Kier molecular flexibility index (Phi) is 7.40. The van der Waals surface area contributed by atoms with Crippen LogP contribution in [0.4, 0.5) is 4.79 Å². The van der Waals surface area contributed by atoms with E-state index < -0.39 is 17.2 Å². The van der Waals surface area contributed by atoms with E-state index in [1.165, 1.54) is 4.57 Å². The fourth-order valence-corrected chi connectivity index (χ4v) is 3.92. The molecule has 27 heavy (non-hydrogen) atoms. The van der Waals surface area contributed by atoms with Crippen LogP contribution in [0.25, 0.3) is 10.9 Å². The Morgan fingerprint density at radius 2 is 2.11 bits per heavy atom. The molecule has 2 aromatic rings. The van der Waals surface area contributed by atoms with E-state index in [-0.39, 0.29) is 18.0 Å². The van der Waals surface area contributed by atoms with Crippen molar-refractivity contribution < 1.29 is 14.3 Å². The largest absolute Gasteiger partial charge is 0.383 e. The first-order chi connectivity index (χ1) is 12.7. The fraction of sp³-hybridized carbons (Fsp3) is 0.412. The second-order valence-corrected chi connectivity index (χ2v) is 8.17. The smallest absolute Gasteiger partial charge is 0.318 e. The summed E-state index contributed by atoms with van der Waals surface area (Å²) in [5.74, 6) is -0.645. The summed E-state index contributed by atoms with van der Waals surface area (Å²) in [5.41, 5.74) is 5.36. The van der Waals surface area contributed by atoms with Gasteiger partial charge in [0.2, 0.25) is 5.91 Å². The monoisotopic (exact) mass is 456 g/mol. The number of amides is 3. The summed E-state index contributed by atoms with van der Waals surface area (Å²) < 4.78 is 7.35. The van der Waals surface area contributed by atoms with E-state index in [0.29, 0.717) is 22.7 Å². The van der Waals surface area contributed by atoms with Crippen molar-refractivity contribution in [2.45, 2.75) is 30.8 Å². The highest BCUT2D eigenvalue weighted by atomic mass is 79.9. The van der Waals surface area contributed by atoms with Gasteiger partial charge in [-0.05, 0) is 24.1 Å². The molecular weight excluding hydrogens is 436 g/mol. The van der Waals surface area contributed by atoms with Crippen molar-refractivity contribution >= 4 is 50.5 Å². The quantitative estimate of drug-likeness (QED) is 0.486. The maximum Gasteiger partial charge on any atom is 0.318 e. The van der Waals surface area contributed by atoms with E-state index >= 15 is 0 Å². The van der Waals surface area contributed by atoms with Gasteiger partial charge in [-0.2, -0.15) is 0 Å². The average Bonchev–Trinajstić information content (AvgIpc) is 2.58. The number of ether oxygens (including phenoxy) is 1. The summed E-state index contributed by atoms with van der Waals surface area (Å²) in [6.45, 7) is 4.28. The Hall–Kier alpha value is -1.91. The van der Waals surface area contributed by atoms with Crippen LogP contribution in [-0.4, -0.2) is 40.5 Å². The number of benzene rings is 1. The van der Waals surface area contributed by atoms with Crippen LogP contribution in [0.3, 0.4) is 0 Å². The van der Waals surface area contributed by atoms with Crippen LogP contribution in [0.1, 0.15) is 13.8 Å². The van der Waals surface area contributed by atoms with Gasteiger partial charge in [0.05, 0.1) is 29.3 Å². The molecule has 8 nitrogen and oxygen atoms in total. The lowest BCUT2D eigenvalue weighted by Crippen LogP contribution is -2.42. The molecule has 1 atom stereocenters. The molecule has 1 unspecified atom stereocenters. The number of carbonyl (C=O) groups excluding carboxylic acids is 2. The number of urea groups is 1. The maximum atomic E-state index is 13.0. The van der Waals surface area contributed by atoms with E-state index in [0.717, 1.165) is 16.2 Å². The van der Waals surface area contributed by atoms with Gasteiger partial charge >= 0.3 is 6.03 Å². The first-order valence-electron chi connectivity index (χ1n) is 8.20. The number of carbonyl (C=O) groups is 2. The molecule has 0 aliphatic carbocycles. The zero-order chi connectivity index (χ0) is 20.1. The molecule has 3 N–H and O–H groups in total. The van der Waals surface area contributed by atoms with Gasteiger partial charge in [-0.15, -0.1) is 0 Å². The number of primary amides is 1. The van der Waals surface area contributed by atoms with Gasteiger partial charge in [0.25, 0.3) is 5.56 Å². The number of hydrogen-bond donors (Lipinski definition) is 2. The first kappa shape index (κ1) is 21.4. The van der Waals surface area contributed by atoms with Gasteiger partial charge in [-0.1, -0.05) is 41.5 Å². The van der Waals surface area contributed by atoms with Crippen molar-refractivity contribution in [3.63, 3.8) is 0 Å². The summed E-state index contributed by atoms with van der Waals surface area (Å²) in [6, 6.07) is 4.32. The van der Waals surface area contributed by atoms with Gasteiger partial charge in [0.15, 0.2) is 5.16 Å². The number of hydrogen-bond acceptors (Lipinski definition) is 6. The molecule has 0 radical (unpaired) electrons. The number of fused-ring (bicyclic) bond motifs is 1. The molecule has 0 spiro atoms. The van der Waals surface area contributed by atoms with Crippen molar-refractivity contribution in [1.29, 1.82) is 0 Å². The van der Waals surface area contributed by atoms with Crippen LogP contribution in [0.2, 0.25) is 0 Å². The van der Waals surface area contributed by atoms with E-state index in [4.69, 9.17) is 10.5 Å². The number of rotatable bonds is 7. The predicted octanol–water partition coefficient (Wildman–Crippen LogP) is 2.12. The van der Waals surface area contributed by atoms with Crippen LogP contribution in [0, 0.1) is 5.92 Å². The summed E-state index contributed by atoms with van der Waals surface area (Å²) in [5, 5.41) is 2.30. The Morgan fingerprint density at radius 1 is 1.41 bits per heavy atom. The molecule has 10 heteroatoms. The molecule has 0 saturated heterocycles. The van der Waals surface area contributed by atoms with E-state index in [9.17, 15) is 14.4 Å². The van der Waals surface area contributed by atoms with Crippen LogP contribution in [0.5, 0.6) is 0 Å². The number of thioether (sulfide) groups is 1.